The second kappa shape index (κ2) is 6.48. The van der Waals surface area contributed by atoms with Gasteiger partial charge < -0.3 is 25.3 Å². The minimum Gasteiger partial charge on any atom is -0.497 e. The van der Waals surface area contributed by atoms with E-state index < -0.39 is 22.8 Å². The fourth-order valence-corrected chi connectivity index (χ4v) is 5.21. The van der Waals surface area contributed by atoms with Gasteiger partial charge >= 0.3 is 0 Å². The number of rotatable bonds is 4. The molecule has 0 fully saturated rings. The third kappa shape index (κ3) is 2.05. The molecule has 150 valence electrons. The number of benzene rings is 1. The van der Waals surface area contributed by atoms with Gasteiger partial charge in [0.25, 0.3) is 5.91 Å². The number of fused-ring (bicyclic) bond motifs is 2. The Bertz CT molecular complexity index is 983. The van der Waals surface area contributed by atoms with Crippen molar-refractivity contribution in [1.29, 1.82) is 10.5 Å². The second-order valence-electron chi connectivity index (χ2n) is 7.43. The molecule has 0 saturated carbocycles. The number of allylic oxidation sites excluding steroid dienone is 1. The van der Waals surface area contributed by atoms with Crippen molar-refractivity contribution in [1.82, 2.24) is 5.32 Å². The van der Waals surface area contributed by atoms with Crippen LogP contribution in [0.3, 0.4) is 0 Å². The number of amidine groups is 1. The first-order valence-corrected chi connectivity index (χ1v) is 9.41. The van der Waals surface area contributed by atoms with E-state index in [0.29, 0.717) is 12.2 Å². The topological polar surface area (TPSA) is 126 Å². The lowest BCUT2D eigenvalue weighted by molar-refractivity contribution is -0.253. The molecule has 2 aliphatic heterocycles. The van der Waals surface area contributed by atoms with Gasteiger partial charge in [-0.3, -0.25) is 0 Å². The Labute approximate surface area is 169 Å². The molecule has 0 bridgehead atoms. The number of nitrogens with one attached hydrogen (secondary N) is 1. The van der Waals surface area contributed by atoms with Crippen LogP contribution >= 0.6 is 0 Å². The van der Waals surface area contributed by atoms with Crippen molar-refractivity contribution in [3.8, 4) is 17.9 Å². The zero-order valence-electron chi connectivity index (χ0n) is 16.7. The minimum absolute atomic E-state index is 0.0250. The lowest BCUT2D eigenvalue weighted by Crippen LogP contribution is -2.63. The van der Waals surface area contributed by atoms with Crippen LogP contribution in [0.4, 0.5) is 0 Å². The van der Waals surface area contributed by atoms with Crippen molar-refractivity contribution in [3.63, 3.8) is 0 Å². The molecule has 0 saturated heterocycles. The van der Waals surface area contributed by atoms with Crippen molar-refractivity contribution in [2.75, 3.05) is 21.3 Å². The first kappa shape index (κ1) is 19.3. The Hall–Kier alpha value is -3.07. The molecule has 0 amide bonds. The first-order valence-electron chi connectivity index (χ1n) is 9.41. The zero-order valence-corrected chi connectivity index (χ0v) is 16.7. The molecule has 0 spiro atoms. The van der Waals surface area contributed by atoms with Gasteiger partial charge in [0.15, 0.2) is 10.8 Å². The molecular formula is C21H23N5O3. The van der Waals surface area contributed by atoms with Gasteiger partial charge in [0.2, 0.25) is 0 Å². The molecule has 3 aliphatic rings. The fourth-order valence-electron chi connectivity index (χ4n) is 5.21. The van der Waals surface area contributed by atoms with Crippen molar-refractivity contribution < 1.29 is 14.2 Å². The summed E-state index contributed by atoms with van der Waals surface area (Å²) in [5.41, 5.74) is 5.92. The fraction of sp³-hybridized carbons (Fsp3) is 0.476. The summed E-state index contributed by atoms with van der Waals surface area (Å²) in [6.07, 6.45) is 2.28. The third-order valence-corrected chi connectivity index (χ3v) is 6.51. The van der Waals surface area contributed by atoms with E-state index in [2.05, 4.69) is 22.4 Å². The average Bonchev–Trinajstić information content (AvgIpc) is 3.32. The van der Waals surface area contributed by atoms with E-state index in [1.165, 1.54) is 14.2 Å². The van der Waals surface area contributed by atoms with Crippen LogP contribution in [-0.4, -0.2) is 33.1 Å². The SMILES string of the molecule is COc1ccc([C@@H]2NC3=C(CCC3)[C@]3(C#N)C(OC)(OC)N=C(N)[C@]23C#N)cc1. The molecule has 4 rings (SSSR count). The number of hydrogen-bond acceptors (Lipinski definition) is 8. The van der Waals surface area contributed by atoms with Gasteiger partial charge in [-0.05, 0) is 42.5 Å². The highest BCUT2D eigenvalue weighted by atomic mass is 16.7. The summed E-state index contributed by atoms with van der Waals surface area (Å²) < 4.78 is 16.6. The number of ether oxygens (including phenoxy) is 3. The van der Waals surface area contributed by atoms with E-state index >= 15 is 0 Å². The Morgan fingerprint density at radius 3 is 2.34 bits per heavy atom. The highest BCUT2D eigenvalue weighted by molar-refractivity contribution is 5.96. The second-order valence-corrected chi connectivity index (χ2v) is 7.43. The standard InChI is InChI=1S/C21H23N5O3/c1-27-14-9-7-13(8-10-14)17-19(11-22)18(24)26-21(28-2,29-3)20(19,12-23)15-5-4-6-16(15)25-17/h7-10,17,25H,4-6H2,1-3H3,(H2,24,26)/t17-,19-,20-/m0/s1. The van der Waals surface area contributed by atoms with Crippen LogP contribution in [0.15, 0.2) is 40.5 Å². The summed E-state index contributed by atoms with van der Waals surface area (Å²) >= 11 is 0. The van der Waals surface area contributed by atoms with E-state index in [0.717, 1.165) is 29.7 Å². The van der Waals surface area contributed by atoms with Gasteiger partial charge in [0.05, 0.1) is 25.3 Å². The zero-order chi connectivity index (χ0) is 20.9. The summed E-state index contributed by atoms with van der Waals surface area (Å²) in [5, 5.41) is 24.6. The van der Waals surface area contributed by atoms with E-state index in [1.807, 2.05) is 24.3 Å². The molecule has 1 aliphatic carbocycles. The van der Waals surface area contributed by atoms with Crippen LogP contribution in [0.1, 0.15) is 30.9 Å². The van der Waals surface area contributed by atoms with Crippen LogP contribution in [0.5, 0.6) is 5.75 Å². The summed E-state index contributed by atoms with van der Waals surface area (Å²) in [4.78, 5) is 4.46. The normalized spacial score (nSPS) is 31.8. The number of nitrogens with two attached hydrogens (primary N) is 1. The molecule has 1 aromatic carbocycles. The van der Waals surface area contributed by atoms with E-state index in [4.69, 9.17) is 19.9 Å². The van der Waals surface area contributed by atoms with Crippen LogP contribution in [-0.2, 0) is 9.47 Å². The number of nitrogens with zero attached hydrogens (tertiary/aromatic N) is 3. The number of methoxy groups -OCH3 is 3. The van der Waals surface area contributed by atoms with Crippen molar-refractivity contribution >= 4 is 5.84 Å². The van der Waals surface area contributed by atoms with Crippen molar-refractivity contribution in [2.24, 2.45) is 21.6 Å². The molecule has 1 aromatic rings. The minimum atomic E-state index is -1.70. The monoisotopic (exact) mass is 393 g/mol. The van der Waals surface area contributed by atoms with Gasteiger partial charge in [0.1, 0.15) is 11.6 Å². The van der Waals surface area contributed by atoms with Gasteiger partial charge in [-0.15, -0.1) is 0 Å². The summed E-state index contributed by atoms with van der Waals surface area (Å²) in [6.45, 7) is 0. The summed E-state index contributed by atoms with van der Waals surface area (Å²) in [7, 11) is 4.44. The van der Waals surface area contributed by atoms with Crippen molar-refractivity contribution in [3.05, 3.63) is 41.1 Å². The highest BCUT2D eigenvalue weighted by Crippen LogP contribution is 2.67. The van der Waals surface area contributed by atoms with Crippen LogP contribution in [0.25, 0.3) is 0 Å². The number of nitriles is 2. The van der Waals surface area contributed by atoms with Gasteiger partial charge in [-0.1, -0.05) is 12.1 Å². The molecular weight excluding hydrogens is 370 g/mol. The van der Waals surface area contributed by atoms with Crippen LogP contribution < -0.4 is 15.8 Å². The number of aliphatic imine (C=N–C) groups is 1. The predicted molar refractivity (Wildman–Crippen MR) is 104 cm³/mol. The van der Waals surface area contributed by atoms with E-state index in [9.17, 15) is 10.5 Å². The Kier molecular flexibility index (Phi) is 4.30. The lowest BCUT2D eigenvalue weighted by Gasteiger charge is -2.51. The summed E-state index contributed by atoms with van der Waals surface area (Å²) in [6, 6.07) is 11.5. The third-order valence-electron chi connectivity index (χ3n) is 6.51. The molecule has 0 radical (unpaired) electrons. The first-order chi connectivity index (χ1) is 14.0. The number of hydrogen-bond donors (Lipinski definition) is 2. The maximum Gasteiger partial charge on any atom is 0.296 e. The predicted octanol–water partition coefficient (Wildman–Crippen LogP) is 2.11. The Balaban J connectivity index is 2.04. The molecule has 3 atom stereocenters. The Morgan fingerprint density at radius 1 is 1.10 bits per heavy atom. The van der Waals surface area contributed by atoms with E-state index in [-0.39, 0.29) is 5.84 Å². The smallest absolute Gasteiger partial charge is 0.296 e. The maximum atomic E-state index is 10.6. The molecule has 29 heavy (non-hydrogen) atoms. The molecule has 2 heterocycles. The van der Waals surface area contributed by atoms with Gasteiger partial charge in [0, 0.05) is 19.9 Å². The van der Waals surface area contributed by atoms with Gasteiger partial charge in [-0.2, -0.15) is 10.5 Å². The largest absolute Gasteiger partial charge is 0.497 e. The molecule has 8 nitrogen and oxygen atoms in total. The molecule has 0 aromatic heterocycles. The quantitative estimate of drug-likeness (QED) is 0.750. The lowest BCUT2D eigenvalue weighted by atomic mass is 9.53. The molecule has 3 N–H and O–H groups in total. The van der Waals surface area contributed by atoms with Crippen molar-refractivity contribution in [2.45, 2.75) is 31.2 Å². The molecule has 0 unspecified atom stereocenters. The van der Waals surface area contributed by atoms with Gasteiger partial charge in [-0.25, -0.2) is 4.99 Å². The van der Waals surface area contributed by atoms with Crippen LogP contribution in [0, 0.1) is 33.5 Å². The average molecular weight is 393 g/mol. The Morgan fingerprint density at radius 2 is 1.79 bits per heavy atom. The van der Waals surface area contributed by atoms with E-state index in [1.54, 1.807) is 7.11 Å². The highest BCUT2D eigenvalue weighted by Gasteiger charge is 2.79. The summed E-state index contributed by atoms with van der Waals surface area (Å²) in [5.74, 6) is -0.977. The van der Waals surface area contributed by atoms with Crippen LogP contribution in [0.2, 0.25) is 0 Å². The molecule has 8 heteroatoms. The maximum absolute atomic E-state index is 10.6.